The highest BCUT2D eigenvalue weighted by Crippen LogP contribution is 2.38. The van der Waals surface area contributed by atoms with Crippen molar-refractivity contribution in [2.75, 3.05) is 21.2 Å². The molecule has 16 nitrogen and oxygen atoms in total. The molecule has 0 aromatic rings. The number of carbonyl (C=O) groups is 4. The molecular weight excluding hydrogens is 758 g/mol. The van der Waals surface area contributed by atoms with Crippen molar-refractivity contribution in [1.82, 2.24) is 4.90 Å². The molecule has 3 rings (SSSR count). The van der Waals surface area contributed by atoms with Crippen molar-refractivity contribution in [3.63, 3.8) is 0 Å². The lowest BCUT2D eigenvalue weighted by molar-refractivity contribution is -0.344. The lowest BCUT2D eigenvalue weighted by atomic mass is 9.82. The molecule has 0 aliphatic carbocycles. The maximum absolute atomic E-state index is 13.3. The highest BCUT2D eigenvalue weighted by atomic mass is 16.7. The van der Waals surface area contributed by atoms with E-state index in [4.69, 9.17) is 37.9 Å². The summed E-state index contributed by atoms with van der Waals surface area (Å²) in [5.74, 6) is -2.86. The van der Waals surface area contributed by atoms with Crippen molar-refractivity contribution in [2.45, 2.75) is 179 Å². The van der Waals surface area contributed by atoms with Crippen LogP contribution < -0.4 is 0 Å². The maximum Gasteiger partial charge on any atom is 0.309 e. The van der Waals surface area contributed by atoms with E-state index in [1.807, 2.05) is 20.8 Å². The van der Waals surface area contributed by atoms with Crippen molar-refractivity contribution < 1.29 is 72.4 Å². The van der Waals surface area contributed by atoms with Gasteiger partial charge in [-0.2, -0.15) is 0 Å². The monoisotopic (exact) mass is 827 g/mol. The SMILES string of the molecule is CO[C@@H]1[C@@H](O[C@@H]2O[C@H](C)[C@@H](O[C@H]3C[C@@](C)(OC(=O)CC(C)C)[C@@H](O)[C@H](C)O3)[C@H](N(C)C)[C@H]2O)[C@H](CC=O)C[C@@H](C)[C@@H](O)/C=C/C=C/C[C@@H](C)OC(=O)C[C@H]1OC(C)=O. The molecule has 0 spiro atoms. The molecule has 0 aromatic carbocycles. The summed E-state index contributed by atoms with van der Waals surface area (Å²) >= 11 is 0. The Hall–Kier alpha value is -2.80. The molecule has 0 radical (unpaired) electrons. The summed E-state index contributed by atoms with van der Waals surface area (Å²) in [6.45, 7) is 13.6. The fourth-order valence-electron chi connectivity index (χ4n) is 8.06. The van der Waals surface area contributed by atoms with Gasteiger partial charge in [0.15, 0.2) is 12.6 Å². The standard InChI is InChI=1S/C42H69NO15/c1-23(2)19-33(48)58-42(8)22-34(53-27(6)40(42)50)56-37-26(5)54-41(36(49)35(37)43(9)10)57-38-29(17-18-44)20-24(3)30(46)16-14-12-13-15-25(4)52-32(47)21-31(39(38)51-11)55-28(7)45/h12-14,16,18,23-27,29-31,34-41,46,49-50H,15,17,19-22H2,1-11H3/b13-12+,16-14+/t24-,25-,26-,27+,29-,30+,31-,34+,35-,36-,37-,38+,39+,40+,41+,42-/m1/s1. The average Bonchev–Trinajstić information content (AvgIpc) is 3.10. The molecule has 0 saturated carbocycles. The van der Waals surface area contributed by atoms with E-state index in [2.05, 4.69) is 0 Å². The van der Waals surface area contributed by atoms with Crippen LogP contribution in [0.2, 0.25) is 0 Å². The number of esters is 3. The third-order valence-corrected chi connectivity index (χ3v) is 11.0. The molecule has 2 saturated heterocycles. The molecule has 16 heteroatoms. The number of aliphatic hydroxyl groups is 3. The van der Waals surface area contributed by atoms with Gasteiger partial charge in [0.1, 0.15) is 48.5 Å². The van der Waals surface area contributed by atoms with Crippen LogP contribution in [0.5, 0.6) is 0 Å². The number of nitrogens with zero attached hydrogens (tertiary/aromatic N) is 1. The van der Waals surface area contributed by atoms with Gasteiger partial charge in [-0.15, -0.1) is 0 Å². The van der Waals surface area contributed by atoms with Gasteiger partial charge in [-0.25, -0.2) is 0 Å². The molecule has 0 aromatic heterocycles. The smallest absolute Gasteiger partial charge is 0.309 e. The zero-order valence-corrected chi connectivity index (χ0v) is 36.1. The molecule has 3 N–H and O–H groups in total. The molecular formula is C42H69NO15. The van der Waals surface area contributed by atoms with E-state index in [-0.39, 0.29) is 31.6 Å². The Bertz CT molecular complexity index is 1390. The van der Waals surface area contributed by atoms with Crippen molar-refractivity contribution in [1.29, 1.82) is 0 Å². The first-order valence-corrected chi connectivity index (χ1v) is 20.4. The quantitative estimate of drug-likeness (QED) is 0.147. The summed E-state index contributed by atoms with van der Waals surface area (Å²) in [5.41, 5.74) is -1.32. The zero-order chi connectivity index (χ0) is 43.5. The second-order valence-electron chi connectivity index (χ2n) is 16.9. The van der Waals surface area contributed by atoms with Crippen LogP contribution in [0, 0.1) is 17.8 Å². The number of aldehydes is 1. The Balaban J connectivity index is 2.01. The third kappa shape index (κ3) is 13.9. The van der Waals surface area contributed by atoms with Crippen LogP contribution in [-0.2, 0) is 57.1 Å². The largest absolute Gasteiger partial charge is 0.462 e. The van der Waals surface area contributed by atoms with Crippen LogP contribution in [0.1, 0.15) is 93.9 Å². The number of hydrogen-bond acceptors (Lipinski definition) is 16. The van der Waals surface area contributed by atoms with Crippen molar-refractivity contribution in [3.8, 4) is 0 Å². The summed E-state index contributed by atoms with van der Waals surface area (Å²) in [6.07, 6.45) is -4.33. The fourth-order valence-corrected chi connectivity index (χ4v) is 8.06. The van der Waals surface area contributed by atoms with E-state index >= 15 is 0 Å². The van der Waals surface area contributed by atoms with Crippen LogP contribution in [0.15, 0.2) is 24.3 Å². The number of aliphatic hydroxyl groups excluding tert-OH is 3. The van der Waals surface area contributed by atoms with Crippen LogP contribution in [0.25, 0.3) is 0 Å². The van der Waals surface area contributed by atoms with E-state index in [1.54, 1.807) is 71.0 Å². The van der Waals surface area contributed by atoms with Gasteiger partial charge >= 0.3 is 17.9 Å². The molecule has 16 atom stereocenters. The van der Waals surface area contributed by atoms with E-state index < -0.39 is 121 Å². The molecule has 0 bridgehead atoms. The zero-order valence-electron chi connectivity index (χ0n) is 36.1. The number of rotatable bonds is 12. The molecule has 3 aliphatic rings. The van der Waals surface area contributed by atoms with Crippen molar-refractivity contribution in [3.05, 3.63) is 24.3 Å². The van der Waals surface area contributed by atoms with Gasteiger partial charge in [0.05, 0.1) is 36.9 Å². The lowest BCUT2D eigenvalue weighted by Gasteiger charge is -2.50. The molecule has 3 heterocycles. The number of ether oxygens (including phenoxy) is 8. The van der Waals surface area contributed by atoms with Gasteiger partial charge < -0.3 is 62.9 Å². The van der Waals surface area contributed by atoms with Gasteiger partial charge in [0, 0.05) is 39.7 Å². The van der Waals surface area contributed by atoms with Gasteiger partial charge in [-0.1, -0.05) is 45.1 Å². The summed E-state index contributed by atoms with van der Waals surface area (Å²) in [7, 11) is 4.86. The van der Waals surface area contributed by atoms with E-state index in [0.717, 1.165) is 0 Å². The molecule has 332 valence electrons. The minimum atomic E-state index is -1.40. The number of hydrogen-bond donors (Lipinski definition) is 3. The van der Waals surface area contributed by atoms with Gasteiger partial charge in [0.25, 0.3) is 0 Å². The predicted octanol–water partition coefficient (Wildman–Crippen LogP) is 3.01. The minimum Gasteiger partial charge on any atom is -0.462 e. The Morgan fingerprint density at radius 1 is 1.02 bits per heavy atom. The molecule has 0 unspecified atom stereocenters. The average molecular weight is 828 g/mol. The normalized spacial score (nSPS) is 40.7. The summed E-state index contributed by atoms with van der Waals surface area (Å²) in [5, 5.41) is 34.2. The number of methoxy groups -OCH3 is 1. The predicted molar refractivity (Wildman–Crippen MR) is 210 cm³/mol. The molecule has 3 aliphatic heterocycles. The van der Waals surface area contributed by atoms with Gasteiger partial charge in [-0.3, -0.25) is 14.4 Å². The third-order valence-electron chi connectivity index (χ3n) is 11.0. The second kappa shape index (κ2) is 22.7. The number of cyclic esters (lactones) is 1. The Kier molecular flexibility index (Phi) is 19.4. The maximum atomic E-state index is 13.3. The van der Waals surface area contributed by atoms with Crippen LogP contribution in [0.3, 0.4) is 0 Å². The first-order chi connectivity index (χ1) is 27.2. The van der Waals surface area contributed by atoms with Gasteiger partial charge in [0.2, 0.25) is 0 Å². The van der Waals surface area contributed by atoms with Crippen LogP contribution >= 0.6 is 0 Å². The molecule has 58 heavy (non-hydrogen) atoms. The Morgan fingerprint density at radius 3 is 2.31 bits per heavy atom. The minimum absolute atomic E-state index is 0.000956. The number of likely N-dealkylation sites (N-methyl/N-ethyl adjacent to an activating group) is 1. The molecule has 0 amide bonds. The number of carbonyl (C=O) groups excluding carboxylic acids is 4. The Morgan fingerprint density at radius 2 is 1.71 bits per heavy atom. The van der Waals surface area contributed by atoms with Gasteiger partial charge in [-0.05, 0) is 66.0 Å². The van der Waals surface area contributed by atoms with Crippen LogP contribution in [-0.4, -0.2) is 151 Å². The Labute approximate surface area is 343 Å². The topological polar surface area (TPSA) is 206 Å². The van der Waals surface area contributed by atoms with E-state index in [1.165, 1.54) is 14.0 Å². The van der Waals surface area contributed by atoms with E-state index in [9.17, 15) is 34.5 Å². The lowest BCUT2D eigenvalue weighted by Crippen LogP contribution is -2.66. The summed E-state index contributed by atoms with van der Waals surface area (Å²) in [4.78, 5) is 52.5. The second-order valence-corrected chi connectivity index (χ2v) is 16.9. The summed E-state index contributed by atoms with van der Waals surface area (Å²) in [6, 6.07) is -0.786. The van der Waals surface area contributed by atoms with Crippen molar-refractivity contribution >= 4 is 24.2 Å². The first kappa shape index (κ1) is 49.6. The highest BCUT2D eigenvalue weighted by Gasteiger charge is 2.53. The highest BCUT2D eigenvalue weighted by molar-refractivity contribution is 5.72. The molecule has 2 fully saturated rings. The fraction of sp³-hybridized carbons (Fsp3) is 0.810. The summed E-state index contributed by atoms with van der Waals surface area (Å²) < 4.78 is 48.7. The van der Waals surface area contributed by atoms with Crippen molar-refractivity contribution in [2.24, 2.45) is 17.8 Å². The number of allylic oxidation sites excluding steroid dienone is 2. The van der Waals surface area contributed by atoms with E-state index in [0.29, 0.717) is 12.7 Å². The van der Waals surface area contributed by atoms with Crippen LogP contribution in [0.4, 0.5) is 0 Å². The first-order valence-electron chi connectivity index (χ1n) is 20.4.